The Labute approximate surface area is 139 Å². The smallest absolute Gasteiger partial charge is 0.251 e. The molecule has 0 saturated carbocycles. The van der Waals surface area contributed by atoms with Crippen molar-refractivity contribution in [2.75, 3.05) is 0 Å². The first-order chi connectivity index (χ1) is 11.5. The number of hydrogen-bond donors (Lipinski definition) is 2. The van der Waals surface area contributed by atoms with Crippen molar-refractivity contribution in [3.63, 3.8) is 0 Å². The van der Waals surface area contributed by atoms with Crippen LogP contribution in [0.4, 0.5) is 4.39 Å². The number of carbonyl (C=O) groups excluding carboxylic acids is 2. The molecule has 2 amide bonds. The molecule has 7 heteroatoms. The van der Waals surface area contributed by atoms with E-state index in [1.54, 1.807) is 30.9 Å². The number of halogens is 1. The maximum Gasteiger partial charge on any atom is 0.251 e. The van der Waals surface area contributed by atoms with Gasteiger partial charge in [-0.3, -0.25) is 14.3 Å². The number of nitrogens with zero attached hydrogens (tertiary/aromatic N) is 2. The van der Waals surface area contributed by atoms with Crippen LogP contribution in [-0.2, 0) is 11.8 Å². The molecule has 24 heavy (non-hydrogen) atoms. The number of aromatic nitrogens is 2. The number of piperidine rings is 1. The van der Waals surface area contributed by atoms with Gasteiger partial charge in [0.2, 0.25) is 5.91 Å². The van der Waals surface area contributed by atoms with Crippen LogP contribution in [0.1, 0.15) is 40.4 Å². The van der Waals surface area contributed by atoms with E-state index in [9.17, 15) is 14.0 Å². The first kappa shape index (κ1) is 16.2. The number of benzene rings is 1. The number of hydrogen-bond acceptors (Lipinski definition) is 3. The first-order valence-corrected chi connectivity index (χ1v) is 7.79. The Kier molecular flexibility index (Phi) is 4.33. The van der Waals surface area contributed by atoms with E-state index in [1.807, 2.05) is 6.20 Å². The highest BCUT2D eigenvalue weighted by molar-refractivity contribution is 5.96. The fourth-order valence-corrected chi connectivity index (χ4v) is 2.97. The molecule has 2 atom stereocenters. The van der Waals surface area contributed by atoms with E-state index >= 15 is 0 Å². The minimum atomic E-state index is -0.414. The predicted octanol–water partition coefficient (Wildman–Crippen LogP) is 1.62. The fourth-order valence-electron chi connectivity index (χ4n) is 2.97. The maximum absolute atomic E-state index is 13.7. The molecule has 2 aromatic rings. The van der Waals surface area contributed by atoms with Crippen molar-refractivity contribution in [1.82, 2.24) is 20.4 Å². The van der Waals surface area contributed by atoms with Crippen LogP contribution in [0.25, 0.3) is 0 Å². The molecule has 6 nitrogen and oxygen atoms in total. The van der Waals surface area contributed by atoms with Crippen molar-refractivity contribution < 1.29 is 14.0 Å². The summed E-state index contributed by atoms with van der Waals surface area (Å²) < 4.78 is 15.3. The quantitative estimate of drug-likeness (QED) is 0.898. The van der Waals surface area contributed by atoms with Crippen LogP contribution in [0.3, 0.4) is 0 Å². The van der Waals surface area contributed by atoms with Crippen molar-refractivity contribution in [3.05, 3.63) is 53.1 Å². The molecule has 0 spiro atoms. The van der Waals surface area contributed by atoms with Gasteiger partial charge in [0.25, 0.3) is 5.91 Å². The van der Waals surface area contributed by atoms with Gasteiger partial charge in [-0.15, -0.1) is 0 Å². The highest BCUT2D eigenvalue weighted by Gasteiger charge is 2.32. The number of rotatable bonds is 3. The van der Waals surface area contributed by atoms with E-state index in [0.717, 1.165) is 5.56 Å². The van der Waals surface area contributed by atoms with Gasteiger partial charge in [0.1, 0.15) is 5.82 Å². The lowest BCUT2D eigenvalue weighted by Gasteiger charge is -2.32. The zero-order valence-corrected chi connectivity index (χ0v) is 13.5. The highest BCUT2D eigenvalue weighted by Crippen LogP contribution is 2.24. The molecule has 0 bridgehead atoms. The average Bonchev–Trinajstić information content (AvgIpc) is 2.98. The molecule has 1 aromatic heterocycles. The summed E-state index contributed by atoms with van der Waals surface area (Å²) in [5.41, 5.74) is 1.44. The van der Waals surface area contributed by atoms with E-state index in [0.29, 0.717) is 24.0 Å². The zero-order chi connectivity index (χ0) is 17.3. The van der Waals surface area contributed by atoms with Gasteiger partial charge in [0.05, 0.1) is 18.3 Å². The van der Waals surface area contributed by atoms with E-state index in [4.69, 9.17) is 0 Å². The first-order valence-electron chi connectivity index (χ1n) is 7.79. The largest absolute Gasteiger partial charge is 0.347 e. The second-order valence-electron chi connectivity index (χ2n) is 6.02. The monoisotopic (exact) mass is 330 g/mol. The minimum Gasteiger partial charge on any atom is -0.347 e. The van der Waals surface area contributed by atoms with E-state index in [1.165, 1.54) is 12.1 Å². The Hall–Kier alpha value is -2.70. The summed E-state index contributed by atoms with van der Waals surface area (Å²) in [7, 11) is 1.79. The van der Waals surface area contributed by atoms with Gasteiger partial charge in [-0.25, -0.2) is 4.39 Å². The Bertz CT molecular complexity index is 787. The molecule has 1 aliphatic heterocycles. The topological polar surface area (TPSA) is 76.0 Å². The van der Waals surface area contributed by atoms with Gasteiger partial charge < -0.3 is 10.6 Å². The van der Waals surface area contributed by atoms with Crippen molar-refractivity contribution in [2.45, 2.75) is 31.8 Å². The third-order valence-corrected chi connectivity index (χ3v) is 4.31. The van der Waals surface area contributed by atoms with Crippen LogP contribution >= 0.6 is 0 Å². The molecule has 1 aliphatic rings. The third kappa shape index (κ3) is 3.15. The summed E-state index contributed by atoms with van der Waals surface area (Å²) in [6.07, 6.45) is 4.33. The molecule has 1 fully saturated rings. The predicted molar refractivity (Wildman–Crippen MR) is 85.7 cm³/mol. The fraction of sp³-hybridized carbons (Fsp3) is 0.353. The lowest BCUT2D eigenvalue weighted by Crippen LogP contribution is -2.50. The molecular weight excluding hydrogens is 311 g/mol. The van der Waals surface area contributed by atoms with Gasteiger partial charge >= 0.3 is 0 Å². The van der Waals surface area contributed by atoms with Gasteiger partial charge in [-0.1, -0.05) is 6.07 Å². The lowest BCUT2D eigenvalue weighted by molar-refractivity contribution is -0.123. The van der Waals surface area contributed by atoms with E-state index < -0.39 is 5.82 Å². The van der Waals surface area contributed by atoms with Gasteiger partial charge in [-0.2, -0.15) is 5.10 Å². The van der Waals surface area contributed by atoms with Crippen LogP contribution in [0.5, 0.6) is 0 Å². The molecular formula is C17H19FN4O2. The highest BCUT2D eigenvalue weighted by atomic mass is 19.1. The van der Waals surface area contributed by atoms with Gasteiger partial charge in [-0.05, 0) is 31.0 Å². The summed E-state index contributed by atoms with van der Waals surface area (Å²) in [4.78, 5) is 24.3. The molecule has 0 radical (unpaired) electrons. The standard InChI is InChI=1S/C17H19FN4O2/c1-10-12(4-3-5-13(10)18)17(24)20-14-6-7-15(23)21-16(14)11-8-19-22(2)9-11/h3-5,8-9,14,16H,6-7H2,1-2H3,(H,20,24)(H,21,23)/t14-,16+/m1/s1. The van der Waals surface area contributed by atoms with Crippen LogP contribution in [0, 0.1) is 12.7 Å². The number of nitrogens with one attached hydrogen (secondary N) is 2. The van der Waals surface area contributed by atoms with Crippen LogP contribution in [-0.4, -0.2) is 27.6 Å². The van der Waals surface area contributed by atoms with Gasteiger partial charge in [0, 0.05) is 30.8 Å². The molecule has 3 rings (SSSR count). The second kappa shape index (κ2) is 6.43. The SMILES string of the molecule is Cc1c(F)cccc1C(=O)N[C@@H]1CCC(=O)N[C@H]1c1cnn(C)c1. The molecule has 126 valence electrons. The number of carbonyl (C=O) groups is 2. The van der Waals surface area contributed by atoms with Crippen molar-refractivity contribution in [1.29, 1.82) is 0 Å². The minimum absolute atomic E-state index is 0.0590. The molecule has 1 aromatic carbocycles. The summed E-state index contributed by atoms with van der Waals surface area (Å²) in [5, 5.41) is 9.94. The van der Waals surface area contributed by atoms with Crippen LogP contribution < -0.4 is 10.6 Å². The Morgan fingerprint density at radius 1 is 1.46 bits per heavy atom. The Balaban J connectivity index is 1.82. The van der Waals surface area contributed by atoms with E-state index in [-0.39, 0.29) is 23.9 Å². The molecule has 2 heterocycles. The summed E-state index contributed by atoms with van der Waals surface area (Å²) >= 11 is 0. The molecule has 0 unspecified atom stereocenters. The Morgan fingerprint density at radius 2 is 2.25 bits per heavy atom. The van der Waals surface area contributed by atoms with E-state index in [2.05, 4.69) is 15.7 Å². The number of amides is 2. The molecule has 2 N–H and O–H groups in total. The number of aryl methyl sites for hydroxylation is 1. The Morgan fingerprint density at radius 3 is 2.96 bits per heavy atom. The van der Waals surface area contributed by atoms with Crippen molar-refractivity contribution in [3.8, 4) is 0 Å². The normalized spacial score (nSPS) is 20.5. The van der Waals surface area contributed by atoms with Crippen LogP contribution in [0.2, 0.25) is 0 Å². The zero-order valence-electron chi connectivity index (χ0n) is 13.5. The maximum atomic E-state index is 13.7. The van der Waals surface area contributed by atoms with Crippen LogP contribution in [0.15, 0.2) is 30.6 Å². The second-order valence-corrected chi connectivity index (χ2v) is 6.02. The summed E-state index contributed by atoms with van der Waals surface area (Å²) in [6, 6.07) is 3.80. The van der Waals surface area contributed by atoms with Gasteiger partial charge in [0.15, 0.2) is 0 Å². The summed E-state index contributed by atoms with van der Waals surface area (Å²) in [5.74, 6) is -0.818. The molecule has 0 aliphatic carbocycles. The third-order valence-electron chi connectivity index (χ3n) is 4.31. The lowest BCUT2D eigenvalue weighted by atomic mass is 9.93. The molecule has 1 saturated heterocycles. The van der Waals surface area contributed by atoms with Crippen molar-refractivity contribution >= 4 is 11.8 Å². The average molecular weight is 330 g/mol. The van der Waals surface area contributed by atoms with Crippen molar-refractivity contribution in [2.24, 2.45) is 7.05 Å². The summed E-state index contributed by atoms with van der Waals surface area (Å²) in [6.45, 7) is 1.57.